The van der Waals surface area contributed by atoms with Gasteiger partial charge in [-0.15, -0.1) is 0 Å². The van der Waals surface area contributed by atoms with Crippen LogP contribution in [0.15, 0.2) is 0 Å². The molecule has 2 N–H and O–H groups in total. The molecule has 0 saturated heterocycles. The summed E-state index contributed by atoms with van der Waals surface area (Å²) in [6.07, 6.45) is 3.71. The molecule has 0 bridgehead atoms. The van der Waals surface area contributed by atoms with Gasteiger partial charge in [0.25, 0.3) is 0 Å². The number of rotatable bonds is 11. The quantitative estimate of drug-likeness (QED) is 0.600. The van der Waals surface area contributed by atoms with Gasteiger partial charge in [-0.05, 0) is 45.5 Å². The number of carbonyl (C=O) groups excluding carboxylic acids is 1. The van der Waals surface area contributed by atoms with E-state index in [1.165, 1.54) is 0 Å². The van der Waals surface area contributed by atoms with Crippen molar-refractivity contribution >= 4 is 17.7 Å². The summed E-state index contributed by atoms with van der Waals surface area (Å²) in [5.41, 5.74) is 5.95. The van der Waals surface area contributed by atoms with Crippen LogP contribution in [0, 0.1) is 0 Å². The SMILES string of the molecule is COCCN(CCCN(C)C)C(=O)[C@H](N)CCSC. The Morgan fingerprint density at radius 1 is 1.32 bits per heavy atom. The van der Waals surface area contributed by atoms with Gasteiger partial charge in [-0.1, -0.05) is 0 Å². The van der Waals surface area contributed by atoms with Gasteiger partial charge in [0.2, 0.25) is 5.91 Å². The standard InChI is InChI=1S/C13H29N3O2S/c1-15(2)7-5-8-16(9-10-18-3)13(17)12(14)6-11-19-4/h12H,5-11,14H2,1-4H3/t12-/m1/s1. The average Bonchev–Trinajstić information content (AvgIpc) is 2.38. The molecule has 0 radical (unpaired) electrons. The smallest absolute Gasteiger partial charge is 0.239 e. The molecule has 0 rings (SSSR count). The molecular weight excluding hydrogens is 262 g/mol. The van der Waals surface area contributed by atoms with Gasteiger partial charge in [-0.25, -0.2) is 0 Å². The Kier molecular flexibility index (Phi) is 11.3. The predicted molar refractivity (Wildman–Crippen MR) is 82.6 cm³/mol. The van der Waals surface area contributed by atoms with Crippen LogP contribution in [-0.2, 0) is 9.53 Å². The number of ether oxygens (including phenoxy) is 1. The number of hydrogen-bond acceptors (Lipinski definition) is 5. The molecule has 0 aromatic rings. The van der Waals surface area contributed by atoms with Crippen molar-refractivity contribution in [1.82, 2.24) is 9.80 Å². The molecule has 1 amide bonds. The van der Waals surface area contributed by atoms with E-state index in [2.05, 4.69) is 4.90 Å². The fourth-order valence-corrected chi connectivity index (χ4v) is 2.20. The Morgan fingerprint density at radius 3 is 2.53 bits per heavy atom. The van der Waals surface area contributed by atoms with Crippen molar-refractivity contribution in [3.63, 3.8) is 0 Å². The molecule has 6 heteroatoms. The molecule has 0 heterocycles. The van der Waals surface area contributed by atoms with E-state index in [9.17, 15) is 4.79 Å². The summed E-state index contributed by atoms with van der Waals surface area (Å²) in [7, 11) is 5.72. The summed E-state index contributed by atoms with van der Waals surface area (Å²) >= 11 is 1.72. The number of methoxy groups -OCH3 is 1. The van der Waals surface area contributed by atoms with E-state index in [0.29, 0.717) is 13.2 Å². The highest BCUT2D eigenvalue weighted by Crippen LogP contribution is 2.04. The molecule has 0 spiro atoms. The molecule has 5 nitrogen and oxygen atoms in total. The van der Waals surface area contributed by atoms with E-state index in [1.54, 1.807) is 18.9 Å². The summed E-state index contributed by atoms with van der Waals surface area (Å²) < 4.78 is 5.06. The van der Waals surface area contributed by atoms with Crippen LogP contribution in [0.1, 0.15) is 12.8 Å². The molecule has 0 aliphatic carbocycles. The summed E-state index contributed by atoms with van der Waals surface area (Å²) in [6, 6.07) is -0.385. The van der Waals surface area contributed by atoms with Crippen molar-refractivity contribution in [3.05, 3.63) is 0 Å². The molecule has 19 heavy (non-hydrogen) atoms. The Morgan fingerprint density at radius 2 is 2.00 bits per heavy atom. The van der Waals surface area contributed by atoms with Crippen molar-refractivity contribution < 1.29 is 9.53 Å². The van der Waals surface area contributed by atoms with Crippen LogP contribution in [0.2, 0.25) is 0 Å². The predicted octanol–water partition coefficient (Wildman–Crippen LogP) is 0.494. The highest BCUT2D eigenvalue weighted by Gasteiger charge is 2.20. The number of carbonyl (C=O) groups is 1. The molecule has 0 aliphatic heterocycles. The highest BCUT2D eigenvalue weighted by molar-refractivity contribution is 7.98. The molecule has 0 aromatic heterocycles. The van der Waals surface area contributed by atoms with Crippen molar-refractivity contribution in [3.8, 4) is 0 Å². The van der Waals surface area contributed by atoms with E-state index >= 15 is 0 Å². The van der Waals surface area contributed by atoms with Crippen LogP contribution < -0.4 is 5.73 Å². The molecule has 0 aliphatic rings. The zero-order valence-electron chi connectivity index (χ0n) is 12.7. The lowest BCUT2D eigenvalue weighted by atomic mass is 10.2. The zero-order valence-corrected chi connectivity index (χ0v) is 13.5. The first-order valence-electron chi connectivity index (χ1n) is 6.69. The first-order chi connectivity index (χ1) is 9.02. The maximum absolute atomic E-state index is 12.3. The minimum absolute atomic E-state index is 0.0462. The van der Waals surface area contributed by atoms with E-state index in [0.717, 1.165) is 31.7 Å². The van der Waals surface area contributed by atoms with E-state index in [4.69, 9.17) is 10.5 Å². The number of amides is 1. The Labute approximate surface area is 121 Å². The van der Waals surface area contributed by atoms with Crippen LogP contribution >= 0.6 is 11.8 Å². The van der Waals surface area contributed by atoms with Gasteiger partial charge < -0.3 is 20.3 Å². The van der Waals surface area contributed by atoms with Gasteiger partial charge >= 0.3 is 0 Å². The molecule has 1 atom stereocenters. The normalized spacial score (nSPS) is 12.7. The molecule has 0 unspecified atom stereocenters. The summed E-state index contributed by atoms with van der Waals surface area (Å²) in [5.74, 6) is 0.966. The topological polar surface area (TPSA) is 58.8 Å². The van der Waals surface area contributed by atoms with Gasteiger partial charge in [0.05, 0.1) is 12.6 Å². The molecule has 0 saturated carbocycles. The minimum Gasteiger partial charge on any atom is -0.383 e. The van der Waals surface area contributed by atoms with Gasteiger partial charge in [0.1, 0.15) is 0 Å². The minimum atomic E-state index is -0.385. The van der Waals surface area contributed by atoms with Gasteiger partial charge in [-0.2, -0.15) is 11.8 Å². The van der Waals surface area contributed by atoms with Gasteiger partial charge in [0.15, 0.2) is 0 Å². The van der Waals surface area contributed by atoms with Crippen molar-refractivity contribution in [2.75, 3.05) is 59.5 Å². The molecule has 114 valence electrons. The Bertz CT molecular complexity index is 240. The van der Waals surface area contributed by atoms with E-state index in [-0.39, 0.29) is 11.9 Å². The number of thioether (sulfide) groups is 1. The lowest BCUT2D eigenvalue weighted by Gasteiger charge is -2.26. The maximum atomic E-state index is 12.3. The van der Waals surface area contributed by atoms with Crippen LogP contribution in [0.5, 0.6) is 0 Å². The van der Waals surface area contributed by atoms with Gasteiger partial charge in [0, 0.05) is 20.2 Å². The summed E-state index contributed by atoms with van der Waals surface area (Å²) in [5, 5.41) is 0. The van der Waals surface area contributed by atoms with E-state index < -0.39 is 0 Å². The lowest BCUT2D eigenvalue weighted by Crippen LogP contribution is -2.46. The first-order valence-corrected chi connectivity index (χ1v) is 8.09. The third-order valence-electron chi connectivity index (χ3n) is 2.86. The average molecular weight is 291 g/mol. The molecule has 0 fully saturated rings. The van der Waals surface area contributed by atoms with E-state index in [1.807, 2.05) is 25.3 Å². The Balaban J connectivity index is 4.24. The number of nitrogens with two attached hydrogens (primary N) is 1. The van der Waals surface area contributed by atoms with Crippen molar-refractivity contribution in [2.24, 2.45) is 5.73 Å². The second kappa shape index (κ2) is 11.5. The number of nitrogens with zero attached hydrogens (tertiary/aromatic N) is 2. The van der Waals surface area contributed by atoms with Gasteiger partial charge in [-0.3, -0.25) is 4.79 Å². The lowest BCUT2D eigenvalue weighted by molar-refractivity contribution is -0.133. The second-order valence-corrected chi connectivity index (χ2v) is 5.85. The fourth-order valence-electron chi connectivity index (χ4n) is 1.71. The second-order valence-electron chi connectivity index (χ2n) is 4.86. The maximum Gasteiger partial charge on any atom is 0.239 e. The van der Waals surface area contributed by atoms with Crippen LogP contribution in [-0.4, -0.2) is 81.2 Å². The number of hydrogen-bond donors (Lipinski definition) is 1. The molecular formula is C13H29N3O2S. The summed E-state index contributed by atoms with van der Waals surface area (Å²) in [6.45, 7) is 2.89. The molecule has 0 aromatic carbocycles. The van der Waals surface area contributed by atoms with Crippen molar-refractivity contribution in [2.45, 2.75) is 18.9 Å². The largest absolute Gasteiger partial charge is 0.383 e. The highest BCUT2D eigenvalue weighted by atomic mass is 32.2. The van der Waals surface area contributed by atoms with Crippen LogP contribution in [0.4, 0.5) is 0 Å². The fraction of sp³-hybridized carbons (Fsp3) is 0.923. The zero-order chi connectivity index (χ0) is 14.7. The summed E-state index contributed by atoms with van der Waals surface area (Å²) in [4.78, 5) is 16.2. The third kappa shape index (κ3) is 9.27. The Hall–Kier alpha value is -0.300. The van der Waals surface area contributed by atoms with Crippen LogP contribution in [0.3, 0.4) is 0 Å². The monoisotopic (exact) mass is 291 g/mol. The third-order valence-corrected chi connectivity index (χ3v) is 3.50. The first kappa shape index (κ1) is 18.7. The van der Waals surface area contributed by atoms with Crippen LogP contribution in [0.25, 0.3) is 0 Å². The van der Waals surface area contributed by atoms with Crippen molar-refractivity contribution in [1.29, 1.82) is 0 Å².